The molecule has 3 nitrogen and oxygen atoms in total. The Labute approximate surface area is 84.3 Å². The van der Waals surface area contributed by atoms with E-state index in [2.05, 4.69) is 11.6 Å². The summed E-state index contributed by atoms with van der Waals surface area (Å²) >= 11 is 1.84. The highest BCUT2D eigenvalue weighted by Gasteiger charge is 2.03. The van der Waals surface area contributed by atoms with Crippen molar-refractivity contribution < 1.29 is 9.90 Å². The fourth-order valence-electron chi connectivity index (χ4n) is 1.01. The van der Waals surface area contributed by atoms with Crippen LogP contribution in [0.3, 0.4) is 0 Å². The molecule has 1 unspecified atom stereocenters. The van der Waals surface area contributed by atoms with Crippen molar-refractivity contribution in [3.63, 3.8) is 0 Å². The lowest BCUT2D eigenvalue weighted by Crippen LogP contribution is -2.27. The lowest BCUT2D eigenvalue weighted by atomic mass is 10.2. The first-order chi connectivity index (χ1) is 6.16. The van der Waals surface area contributed by atoms with Crippen LogP contribution in [-0.4, -0.2) is 35.7 Å². The highest BCUT2D eigenvalue weighted by atomic mass is 32.2. The molecule has 0 amide bonds. The molecule has 0 bridgehead atoms. The van der Waals surface area contributed by atoms with Gasteiger partial charge in [0.2, 0.25) is 0 Å². The molecule has 0 saturated heterocycles. The Bertz CT molecular complexity index is 142. The van der Waals surface area contributed by atoms with E-state index >= 15 is 0 Å². The van der Waals surface area contributed by atoms with Crippen LogP contribution in [0.1, 0.15) is 26.2 Å². The van der Waals surface area contributed by atoms with E-state index in [1.165, 1.54) is 5.75 Å². The summed E-state index contributed by atoms with van der Waals surface area (Å²) in [6.07, 6.45) is 4.22. The second kappa shape index (κ2) is 8.38. The topological polar surface area (TPSA) is 49.3 Å². The minimum Gasteiger partial charge on any atom is -0.481 e. The van der Waals surface area contributed by atoms with Gasteiger partial charge in [0.15, 0.2) is 0 Å². The number of rotatable bonds is 8. The van der Waals surface area contributed by atoms with E-state index in [1.807, 2.05) is 18.7 Å². The Morgan fingerprint density at radius 3 is 2.85 bits per heavy atom. The molecule has 78 valence electrons. The van der Waals surface area contributed by atoms with Crippen molar-refractivity contribution in [3.8, 4) is 0 Å². The van der Waals surface area contributed by atoms with E-state index < -0.39 is 5.97 Å². The second-order valence-electron chi connectivity index (χ2n) is 3.13. The number of carbonyl (C=O) groups is 1. The van der Waals surface area contributed by atoms with Crippen molar-refractivity contribution in [2.24, 2.45) is 0 Å². The van der Waals surface area contributed by atoms with Gasteiger partial charge < -0.3 is 10.4 Å². The van der Waals surface area contributed by atoms with Gasteiger partial charge in [-0.2, -0.15) is 11.8 Å². The van der Waals surface area contributed by atoms with Gasteiger partial charge >= 0.3 is 5.97 Å². The molecule has 0 fully saturated rings. The third-order valence-corrected chi connectivity index (χ3v) is 2.51. The van der Waals surface area contributed by atoms with Crippen molar-refractivity contribution in [2.75, 3.05) is 18.6 Å². The SMILES string of the molecule is CSCCCNC(C)CCC(=O)O. The Morgan fingerprint density at radius 2 is 2.31 bits per heavy atom. The summed E-state index contributed by atoms with van der Waals surface area (Å²) in [5.74, 6) is 0.455. The van der Waals surface area contributed by atoms with E-state index in [9.17, 15) is 4.79 Å². The molecule has 0 aliphatic carbocycles. The summed E-state index contributed by atoms with van der Waals surface area (Å²) in [4.78, 5) is 10.2. The fraction of sp³-hybridized carbons (Fsp3) is 0.889. The third-order valence-electron chi connectivity index (χ3n) is 1.81. The number of aliphatic carboxylic acids is 1. The van der Waals surface area contributed by atoms with E-state index in [4.69, 9.17) is 5.11 Å². The molecule has 0 aliphatic rings. The van der Waals surface area contributed by atoms with Gasteiger partial charge in [-0.15, -0.1) is 0 Å². The molecule has 0 spiro atoms. The molecule has 4 heteroatoms. The normalized spacial score (nSPS) is 12.8. The maximum atomic E-state index is 10.2. The van der Waals surface area contributed by atoms with Crippen LogP contribution in [0.4, 0.5) is 0 Å². The van der Waals surface area contributed by atoms with Gasteiger partial charge in [-0.1, -0.05) is 0 Å². The second-order valence-corrected chi connectivity index (χ2v) is 4.12. The zero-order valence-electron chi connectivity index (χ0n) is 8.38. The van der Waals surface area contributed by atoms with Gasteiger partial charge in [0, 0.05) is 12.5 Å². The largest absolute Gasteiger partial charge is 0.481 e. The molecule has 2 N–H and O–H groups in total. The maximum Gasteiger partial charge on any atom is 0.303 e. The quantitative estimate of drug-likeness (QED) is 0.591. The average Bonchev–Trinajstić information content (AvgIpc) is 2.09. The number of hydrogen-bond acceptors (Lipinski definition) is 3. The summed E-state index contributed by atoms with van der Waals surface area (Å²) < 4.78 is 0. The molecule has 1 atom stereocenters. The molecule has 13 heavy (non-hydrogen) atoms. The number of carboxylic acid groups (broad SMARTS) is 1. The predicted molar refractivity (Wildman–Crippen MR) is 57.3 cm³/mol. The predicted octanol–water partition coefficient (Wildman–Crippen LogP) is 1.58. The van der Waals surface area contributed by atoms with Crippen LogP contribution in [0.2, 0.25) is 0 Å². The highest BCUT2D eigenvalue weighted by Crippen LogP contribution is 1.98. The van der Waals surface area contributed by atoms with Crippen LogP contribution < -0.4 is 5.32 Å². The molecule has 0 aromatic carbocycles. The molecule has 0 saturated carbocycles. The van der Waals surface area contributed by atoms with Crippen LogP contribution in [0.15, 0.2) is 0 Å². The zero-order chi connectivity index (χ0) is 10.1. The fourth-order valence-corrected chi connectivity index (χ4v) is 1.44. The molecule has 0 aromatic heterocycles. The standard InChI is InChI=1S/C9H19NO2S/c1-8(4-5-9(11)12)10-6-3-7-13-2/h8,10H,3-7H2,1-2H3,(H,11,12). The Hall–Kier alpha value is -0.220. The molecule has 0 rings (SSSR count). The number of carboxylic acids is 1. The number of thioether (sulfide) groups is 1. The van der Waals surface area contributed by atoms with Crippen molar-refractivity contribution in [1.29, 1.82) is 0 Å². The Morgan fingerprint density at radius 1 is 1.62 bits per heavy atom. The summed E-state index contributed by atoms with van der Waals surface area (Å²) in [6.45, 7) is 3.02. The average molecular weight is 205 g/mol. The van der Waals surface area contributed by atoms with E-state index in [1.54, 1.807) is 0 Å². The van der Waals surface area contributed by atoms with Crippen molar-refractivity contribution >= 4 is 17.7 Å². The molecule has 0 aliphatic heterocycles. The number of hydrogen-bond donors (Lipinski definition) is 2. The molecular formula is C9H19NO2S. The highest BCUT2D eigenvalue weighted by molar-refractivity contribution is 7.98. The van der Waals surface area contributed by atoms with Crippen LogP contribution in [-0.2, 0) is 4.79 Å². The molecule has 0 aromatic rings. The van der Waals surface area contributed by atoms with Crippen molar-refractivity contribution in [3.05, 3.63) is 0 Å². The minimum absolute atomic E-state index is 0.261. The van der Waals surface area contributed by atoms with Crippen molar-refractivity contribution in [2.45, 2.75) is 32.2 Å². The summed E-state index contributed by atoms with van der Waals surface area (Å²) in [5.41, 5.74) is 0. The first-order valence-corrected chi connectivity index (χ1v) is 6.00. The van der Waals surface area contributed by atoms with Gasteiger partial charge in [0.25, 0.3) is 0 Å². The first-order valence-electron chi connectivity index (χ1n) is 4.61. The van der Waals surface area contributed by atoms with E-state index in [0.717, 1.165) is 13.0 Å². The van der Waals surface area contributed by atoms with Crippen LogP contribution in [0.25, 0.3) is 0 Å². The van der Waals surface area contributed by atoms with Crippen LogP contribution in [0.5, 0.6) is 0 Å². The van der Waals surface area contributed by atoms with Gasteiger partial charge in [-0.05, 0) is 38.3 Å². The third kappa shape index (κ3) is 9.70. The monoisotopic (exact) mass is 205 g/mol. The van der Waals surface area contributed by atoms with E-state index in [-0.39, 0.29) is 6.42 Å². The lowest BCUT2D eigenvalue weighted by molar-refractivity contribution is -0.137. The van der Waals surface area contributed by atoms with Gasteiger partial charge in [0.1, 0.15) is 0 Å². The van der Waals surface area contributed by atoms with E-state index in [0.29, 0.717) is 12.5 Å². The lowest BCUT2D eigenvalue weighted by Gasteiger charge is -2.11. The van der Waals surface area contributed by atoms with Crippen LogP contribution in [0, 0.1) is 0 Å². The summed E-state index contributed by atoms with van der Waals surface area (Å²) in [7, 11) is 0. The maximum absolute atomic E-state index is 10.2. The molecular weight excluding hydrogens is 186 g/mol. The summed E-state index contributed by atoms with van der Waals surface area (Å²) in [6, 6.07) is 0.318. The number of nitrogens with one attached hydrogen (secondary N) is 1. The minimum atomic E-state index is -0.710. The Balaban J connectivity index is 3.19. The van der Waals surface area contributed by atoms with Gasteiger partial charge in [-0.25, -0.2) is 0 Å². The van der Waals surface area contributed by atoms with Crippen LogP contribution >= 0.6 is 11.8 Å². The Kier molecular flexibility index (Phi) is 8.24. The summed E-state index contributed by atoms with van der Waals surface area (Å²) in [5, 5.41) is 11.7. The first kappa shape index (κ1) is 12.8. The van der Waals surface area contributed by atoms with Gasteiger partial charge in [0.05, 0.1) is 0 Å². The smallest absolute Gasteiger partial charge is 0.303 e. The van der Waals surface area contributed by atoms with Gasteiger partial charge in [-0.3, -0.25) is 4.79 Å². The zero-order valence-corrected chi connectivity index (χ0v) is 9.19. The molecule has 0 heterocycles. The van der Waals surface area contributed by atoms with Crippen molar-refractivity contribution in [1.82, 2.24) is 5.32 Å². The molecule has 0 radical (unpaired) electrons.